The molecule has 0 aromatic carbocycles. The number of hydrogen-bond acceptors (Lipinski definition) is 5. The maximum Gasteiger partial charge on any atom is 0.244 e. The third-order valence-corrected chi connectivity index (χ3v) is 4.38. The standard InChI is InChI=1S/C11H18N6O2S/c1-4-10(11-12-8-14-17(11)5-2)15-20(18,19)9-6-13-16(3)7-9/h6-8,10,15H,4-5H2,1-3H3/t10-/m1/s1. The van der Waals surface area contributed by atoms with Crippen molar-refractivity contribution in [2.45, 2.75) is 37.8 Å². The first-order chi connectivity index (χ1) is 9.47. The van der Waals surface area contributed by atoms with Crippen molar-refractivity contribution in [2.75, 3.05) is 0 Å². The van der Waals surface area contributed by atoms with Gasteiger partial charge in [-0.05, 0) is 13.3 Å². The van der Waals surface area contributed by atoms with Gasteiger partial charge in [0.05, 0.1) is 12.2 Å². The molecule has 0 aliphatic rings. The lowest BCUT2D eigenvalue weighted by Crippen LogP contribution is -2.30. The van der Waals surface area contributed by atoms with Crippen molar-refractivity contribution >= 4 is 10.0 Å². The molecule has 9 heteroatoms. The minimum Gasteiger partial charge on any atom is -0.274 e. The lowest BCUT2D eigenvalue weighted by molar-refractivity contribution is 0.503. The molecule has 2 aromatic rings. The van der Waals surface area contributed by atoms with Gasteiger partial charge in [-0.2, -0.15) is 10.2 Å². The van der Waals surface area contributed by atoms with Crippen molar-refractivity contribution < 1.29 is 8.42 Å². The Labute approximate surface area is 117 Å². The largest absolute Gasteiger partial charge is 0.274 e. The summed E-state index contributed by atoms with van der Waals surface area (Å²) in [4.78, 5) is 4.29. The molecule has 0 aliphatic carbocycles. The number of nitrogens with one attached hydrogen (secondary N) is 1. The zero-order valence-corrected chi connectivity index (χ0v) is 12.5. The number of hydrogen-bond donors (Lipinski definition) is 1. The lowest BCUT2D eigenvalue weighted by Gasteiger charge is -2.16. The second-order valence-electron chi connectivity index (χ2n) is 4.37. The molecule has 8 nitrogen and oxygen atoms in total. The van der Waals surface area contributed by atoms with Gasteiger partial charge in [-0.15, -0.1) is 0 Å². The van der Waals surface area contributed by atoms with Crippen molar-refractivity contribution in [3.63, 3.8) is 0 Å². The molecule has 0 fully saturated rings. The van der Waals surface area contributed by atoms with E-state index in [1.807, 2.05) is 13.8 Å². The highest BCUT2D eigenvalue weighted by molar-refractivity contribution is 7.89. The van der Waals surface area contributed by atoms with Gasteiger partial charge in [0, 0.05) is 19.8 Å². The summed E-state index contributed by atoms with van der Waals surface area (Å²) in [5.74, 6) is 0.613. The van der Waals surface area contributed by atoms with E-state index in [0.29, 0.717) is 18.8 Å². The topological polar surface area (TPSA) is 94.7 Å². The van der Waals surface area contributed by atoms with Crippen molar-refractivity contribution in [3.05, 3.63) is 24.5 Å². The van der Waals surface area contributed by atoms with E-state index in [9.17, 15) is 8.42 Å². The van der Waals surface area contributed by atoms with Crippen LogP contribution in [0.4, 0.5) is 0 Å². The molecule has 1 atom stereocenters. The predicted molar refractivity (Wildman–Crippen MR) is 72.3 cm³/mol. The second-order valence-corrected chi connectivity index (χ2v) is 6.08. The summed E-state index contributed by atoms with van der Waals surface area (Å²) in [6, 6.07) is -0.414. The van der Waals surface area contributed by atoms with E-state index in [0.717, 1.165) is 0 Å². The Kier molecular flexibility index (Phi) is 4.19. The summed E-state index contributed by atoms with van der Waals surface area (Å²) in [5.41, 5.74) is 0. The van der Waals surface area contributed by atoms with Gasteiger partial charge in [0.2, 0.25) is 10.0 Å². The molecule has 1 N–H and O–H groups in total. The van der Waals surface area contributed by atoms with E-state index >= 15 is 0 Å². The van der Waals surface area contributed by atoms with Crippen LogP contribution in [0.2, 0.25) is 0 Å². The molecular formula is C11H18N6O2S. The van der Waals surface area contributed by atoms with Crippen molar-refractivity contribution in [3.8, 4) is 0 Å². The van der Waals surface area contributed by atoms with Crippen LogP contribution in [0.15, 0.2) is 23.6 Å². The average Bonchev–Trinajstić information content (AvgIpc) is 3.04. The van der Waals surface area contributed by atoms with Crippen molar-refractivity contribution in [2.24, 2.45) is 7.05 Å². The Morgan fingerprint density at radius 1 is 1.35 bits per heavy atom. The molecule has 0 saturated heterocycles. The third kappa shape index (κ3) is 2.88. The molecule has 110 valence electrons. The van der Waals surface area contributed by atoms with Gasteiger partial charge in [-0.25, -0.2) is 22.8 Å². The smallest absolute Gasteiger partial charge is 0.244 e. The fraction of sp³-hybridized carbons (Fsp3) is 0.545. The number of rotatable bonds is 6. The molecule has 2 heterocycles. The summed E-state index contributed by atoms with van der Waals surface area (Å²) in [6.45, 7) is 4.46. The fourth-order valence-corrected chi connectivity index (χ4v) is 3.16. The highest BCUT2D eigenvalue weighted by Crippen LogP contribution is 2.17. The number of sulfonamides is 1. The average molecular weight is 298 g/mol. The quantitative estimate of drug-likeness (QED) is 0.836. The normalized spacial score (nSPS) is 13.6. The highest BCUT2D eigenvalue weighted by Gasteiger charge is 2.24. The maximum absolute atomic E-state index is 12.3. The van der Waals surface area contributed by atoms with Gasteiger partial charge < -0.3 is 0 Å². The first-order valence-corrected chi connectivity index (χ1v) is 7.85. The molecule has 2 rings (SSSR count). The molecule has 0 bridgehead atoms. The molecule has 20 heavy (non-hydrogen) atoms. The van der Waals surface area contributed by atoms with Crippen molar-refractivity contribution in [1.29, 1.82) is 0 Å². The molecule has 0 radical (unpaired) electrons. The minimum absolute atomic E-state index is 0.140. The molecule has 0 unspecified atom stereocenters. The van der Waals surface area contributed by atoms with Gasteiger partial charge in [-0.3, -0.25) is 4.68 Å². The van der Waals surface area contributed by atoms with E-state index in [4.69, 9.17) is 0 Å². The summed E-state index contributed by atoms with van der Waals surface area (Å²) in [6.07, 6.45) is 4.79. The van der Waals surface area contributed by atoms with Crippen LogP contribution >= 0.6 is 0 Å². The Morgan fingerprint density at radius 3 is 2.65 bits per heavy atom. The number of aryl methyl sites for hydroxylation is 2. The lowest BCUT2D eigenvalue weighted by atomic mass is 10.2. The second kappa shape index (κ2) is 5.71. The van der Waals surface area contributed by atoms with Crippen LogP contribution in [0, 0.1) is 0 Å². The van der Waals surface area contributed by atoms with E-state index in [1.54, 1.807) is 11.7 Å². The monoisotopic (exact) mass is 298 g/mol. The molecule has 0 aliphatic heterocycles. The zero-order chi connectivity index (χ0) is 14.8. The van der Waals surface area contributed by atoms with Gasteiger partial charge >= 0.3 is 0 Å². The van der Waals surface area contributed by atoms with E-state index in [1.165, 1.54) is 23.4 Å². The Morgan fingerprint density at radius 2 is 2.10 bits per heavy atom. The van der Waals surface area contributed by atoms with Crippen LogP contribution in [-0.4, -0.2) is 33.0 Å². The number of aromatic nitrogens is 5. The van der Waals surface area contributed by atoms with Crippen LogP contribution in [0.3, 0.4) is 0 Å². The van der Waals surface area contributed by atoms with E-state index in [2.05, 4.69) is 19.9 Å². The number of nitrogens with zero attached hydrogens (tertiary/aromatic N) is 5. The summed E-state index contributed by atoms with van der Waals surface area (Å²) < 4.78 is 30.3. The van der Waals surface area contributed by atoms with Crippen LogP contribution in [0.1, 0.15) is 32.1 Å². The zero-order valence-electron chi connectivity index (χ0n) is 11.7. The van der Waals surface area contributed by atoms with Gasteiger partial charge in [0.1, 0.15) is 17.0 Å². The Bertz CT molecular complexity index is 675. The third-order valence-electron chi connectivity index (χ3n) is 2.95. The Hall–Kier alpha value is -1.74. The highest BCUT2D eigenvalue weighted by atomic mass is 32.2. The maximum atomic E-state index is 12.3. The van der Waals surface area contributed by atoms with Crippen molar-refractivity contribution in [1.82, 2.24) is 29.3 Å². The SMILES string of the molecule is CC[C@@H](NS(=O)(=O)c1cnn(C)c1)c1ncnn1CC. The van der Waals surface area contributed by atoms with Crippen LogP contribution < -0.4 is 4.72 Å². The summed E-state index contributed by atoms with van der Waals surface area (Å²) in [5, 5.41) is 7.94. The first kappa shape index (κ1) is 14.7. The molecule has 0 spiro atoms. The predicted octanol–water partition coefficient (Wildman–Crippen LogP) is 0.461. The molecule has 2 aromatic heterocycles. The Balaban J connectivity index is 2.26. The van der Waals surface area contributed by atoms with Gasteiger partial charge in [-0.1, -0.05) is 6.92 Å². The molecule has 0 saturated carbocycles. The van der Waals surface area contributed by atoms with E-state index < -0.39 is 16.1 Å². The van der Waals surface area contributed by atoms with Crippen LogP contribution in [0.25, 0.3) is 0 Å². The minimum atomic E-state index is -3.62. The van der Waals surface area contributed by atoms with Crippen LogP contribution in [-0.2, 0) is 23.6 Å². The van der Waals surface area contributed by atoms with Gasteiger partial charge in [0.15, 0.2) is 0 Å². The summed E-state index contributed by atoms with van der Waals surface area (Å²) in [7, 11) is -1.95. The van der Waals surface area contributed by atoms with Crippen LogP contribution in [0.5, 0.6) is 0 Å². The van der Waals surface area contributed by atoms with Gasteiger partial charge in [0.25, 0.3) is 0 Å². The molecule has 0 amide bonds. The summed E-state index contributed by atoms with van der Waals surface area (Å²) >= 11 is 0. The molecular weight excluding hydrogens is 280 g/mol. The van der Waals surface area contributed by atoms with E-state index in [-0.39, 0.29) is 4.90 Å². The first-order valence-electron chi connectivity index (χ1n) is 6.36. The fourth-order valence-electron chi connectivity index (χ4n) is 1.90.